The average molecular weight is 580 g/mol. The number of nitrogens with zero attached hydrogens (tertiary/aromatic N) is 2. The van der Waals surface area contributed by atoms with Gasteiger partial charge in [0.25, 0.3) is 10.0 Å². The van der Waals surface area contributed by atoms with E-state index in [1.807, 2.05) is 65.8 Å². The first-order valence-electron chi connectivity index (χ1n) is 13.8. The van der Waals surface area contributed by atoms with Crippen LogP contribution in [-0.2, 0) is 26.2 Å². The van der Waals surface area contributed by atoms with Gasteiger partial charge in [-0.25, -0.2) is 8.42 Å². The fourth-order valence-corrected chi connectivity index (χ4v) is 5.94. The van der Waals surface area contributed by atoms with Gasteiger partial charge in [-0.2, -0.15) is 0 Å². The molecule has 0 aliphatic rings. The average Bonchev–Trinajstić information content (AvgIpc) is 2.91. The van der Waals surface area contributed by atoms with Crippen molar-refractivity contribution in [1.29, 1.82) is 0 Å². The summed E-state index contributed by atoms with van der Waals surface area (Å²) in [6.07, 6.45) is 0.355. The van der Waals surface area contributed by atoms with Crippen molar-refractivity contribution in [2.75, 3.05) is 17.5 Å². The van der Waals surface area contributed by atoms with Gasteiger partial charge >= 0.3 is 0 Å². The lowest BCUT2D eigenvalue weighted by Gasteiger charge is -2.34. The van der Waals surface area contributed by atoms with Crippen molar-refractivity contribution >= 4 is 27.5 Å². The highest BCUT2D eigenvalue weighted by molar-refractivity contribution is 7.92. The van der Waals surface area contributed by atoms with Crippen molar-refractivity contribution in [1.82, 2.24) is 10.2 Å². The summed E-state index contributed by atoms with van der Waals surface area (Å²) in [7, 11) is -4.12. The molecule has 0 heterocycles. The number of amides is 2. The van der Waals surface area contributed by atoms with E-state index in [2.05, 4.69) is 5.32 Å². The Kier molecular flexibility index (Phi) is 10.6. The van der Waals surface area contributed by atoms with Gasteiger partial charge in [-0.15, -0.1) is 0 Å². The quantitative estimate of drug-likeness (QED) is 0.314. The van der Waals surface area contributed by atoms with Gasteiger partial charge in [-0.3, -0.25) is 13.9 Å². The Morgan fingerprint density at radius 2 is 1.59 bits per heavy atom. The third-order valence-corrected chi connectivity index (χ3v) is 8.15. The van der Waals surface area contributed by atoms with E-state index in [1.165, 1.54) is 17.0 Å². The standard InChI is InChI=1S/C32H41N3O5S/c1-7-29(31(37)33-32(4,5)6)34(22-25-14-12-13-24(3)21-25)30(36)23-35(26-17-19-27(20-18-26)40-8-2)41(38,39)28-15-10-9-11-16-28/h9-21,29H,7-8,22-23H2,1-6H3,(H,33,37)/t29-/m0/s1. The molecule has 9 heteroatoms. The van der Waals surface area contributed by atoms with Crippen LogP contribution in [0.2, 0.25) is 0 Å². The number of anilines is 1. The highest BCUT2D eigenvalue weighted by atomic mass is 32.2. The lowest BCUT2D eigenvalue weighted by Crippen LogP contribution is -2.55. The van der Waals surface area contributed by atoms with Crippen molar-refractivity contribution in [2.45, 2.75) is 71.0 Å². The predicted octanol–water partition coefficient (Wildman–Crippen LogP) is 5.31. The Hall–Kier alpha value is -3.85. The summed E-state index contributed by atoms with van der Waals surface area (Å²) in [6, 6.07) is 21.5. The molecule has 0 saturated carbocycles. The number of carbonyl (C=O) groups excluding carboxylic acids is 2. The summed E-state index contributed by atoms with van der Waals surface area (Å²) in [5, 5.41) is 2.98. The maximum Gasteiger partial charge on any atom is 0.264 e. The lowest BCUT2D eigenvalue weighted by atomic mass is 10.0. The number of ether oxygens (including phenoxy) is 1. The molecule has 0 aromatic heterocycles. The molecule has 3 aromatic carbocycles. The molecule has 1 atom stereocenters. The van der Waals surface area contributed by atoms with Crippen LogP contribution in [0.4, 0.5) is 5.69 Å². The SMILES string of the molecule is CCOc1ccc(N(CC(=O)N(Cc2cccc(C)c2)[C@@H](CC)C(=O)NC(C)(C)C)S(=O)(=O)c2ccccc2)cc1. The first-order chi connectivity index (χ1) is 19.4. The minimum absolute atomic E-state index is 0.0597. The molecule has 0 aliphatic heterocycles. The predicted molar refractivity (Wildman–Crippen MR) is 162 cm³/mol. The Bertz CT molecular complexity index is 1420. The van der Waals surface area contributed by atoms with Gasteiger partial charge in [-0.1, -0.05) is 55.0 Å². The highest BCUT2D eigenvalue weighted by Gasteiger charge is 2.34. The van der Waals surface area contributed by atoms with Crippen LogP contribution in [0.25, 0.3) is 0 Å². The van der Waals surface area contributed by atoms with Gasteiger partial charge in [-0.05, 0) is 83.0 Å². The minimum Gasteiger partial charge on any atom is -0.494 e. The van der Waals surface area contributed by atoms with E-state index in [4.69, 9.17) is 4.74 Å². The molecule has 220 valence electrons. The van der Waals surface area contributed by atoms with Crippen LogP contribution in [0.15, 0.2) is 83.8 Å². The van der Waals surface area contributed by atoms with Gasteiger partial charge in [0, 0.05) is 12.1 Å². The Labute approximate surface area is 244 Å². The summed E-state index contributed by atoms with van der Waals surface area (Å²) in [5.74, 6) is -0.194. The molecule has 0 fully saturated rings. The molecule has 1 N–H and O–H groups in total. The summed E-state index contributed by atoms with van der Waals surface area (Å²) in [5.41, 5.74) is 1.67. The first kappa shape index (κ1) is 31.7. The molecule has 0 bridgehead atoms. The van der Waals surface area contributed by atoms with E-state index in [-0.39, 0.29) is 17.3 Å². The summed E-state index contributed by atoms with van der Waals surface area (Å²) >= 11 is 0. The number of nitrogens with one attached hydrogen (secondary N) is 1. The third-order valence-electron chi connectivity index (χ3n) is 6.37. The van der Waals surface area contributed by atoms with E-state index < -0.39 is 34.1 Å². The maximum absolute atomic E-state index is 14.1. The number of carbonyl (C=O) groups is 2. The Morgan fingerprint density at radius 3 is 2.15 bits per heavy atom. The van der Waals surface area contributed by atoms with Crippen molar-refractivity contribution in [3.8, 4) is 5.75 Å². The normalized spacial score (nSPS) is 12.3. The molecule has 8 nitrogen and oxygen atoms in total. The molecular weight excluding hydrogens is 538 g/mol. The van der Waals surface area contributed by atoms with Crippen molar-refractivity contribution in [2.24, 2.45) is 0 Å². The van der Waals surface area contributed by atoms with Gasteiger partial charge in [0.1, 0.15) is 18.3 Å². The second-order valence-corrected chi connectivity index (χ2v) is 12.8. The number of benzene rings is 3. The van der Waals surface area contributed by atoms with Crippen LogP contribution < -0.4 is 14.4 Å². The van der Waals surface area contributed by atoms with Crippen molar-refractivity contribution < 1.29 is 22.7 Å². The van der Waals surface area contributed by atoms with E-state index in [0.717, 1.165) is 15.4 Å². The fraction of sp³-hybridized carbons (Fsp3) is 0.375. The Balaban J connectivity index is 2.06. The molecule has 41 heavy (non-hydrogen) atoms. The molecule has 0 radical (unpaired) electrons. The van der Waals surface area contributed by atoms with Crippen LogP contribution in [0, 0.1) is 6.92 Å². The second kappa shape index (κ2) is 13.7. The zero-order valence-corrected chi connectivity index (χ0v) is 25.6. The first-order valence-corrected chi connectivity index (χ1v) is 15.3. The lowest BCUT2D eigenvalue weighted by molar-refractivity contribution is -0.141. The second-order valence-electron chi connectivity index (χ2n) is 10.9. The van der Waals surface area contributed by atoms with E-state index in [1.54, 1.807) is 42.5 Å². The third kappa shape index (κ3) is 8.57. The molecule has 0 saturated heterocycles. The minimum atomic E-state index is -4.12. The monoisotopic (exact) mass is 579 g/mol. The Morgan fingerprint density at radius 1 is 0.927 bits per heavy atom. The van der Waals surface area contributed by atoms with Crippen molar-refractivity contribution in [3.63, 3.8) is 0 Å². The maximum atomic E-state index is 14.1. The molecule has 3 rings (SSSR count). The topological polar surface area (TPSA) is 96.0 Å². The number of sulfonamides is 1. The summed E-state index contributed by atoms with van der Waals surface area (Å²) in [6.45, 7) is 11.4. The summed E-state index contributed by atoms with van der Waals surface area (Å²) < 4.78 is 34.4. The number of rotatable bonds is 12. The smallest absolute Gasteiger partial charge is 0.264 e. The van der Waals surface area contributed by atoms with Crippen LogP contribution in [0.3, 0.4) is 0 Å². The van der Waals surface area contributed by atoms with Crippen LogP contribution in [0.1, 0.15) is 52.2 Å². The zero-order valence-electron chi connectivity index (χ0n) is 24.8. The number of hydrogen-bond acceptors (Lipinski definition) is 5. The number of aryl methyl sites for hydroxylation is 1. The molecule has 3 aromatic rings. The van der Waals surface area contributed by atoms with E-state index >= 15 is 0 Å². The molecule has 0 spiro atoms. The van der Waals surface area contributed by atoms with Crippen LogP contribution in [0.5, 0.6) is 5.75 Å². The van der Waals surface area contributed by atoms with Crippen molar-refractivity contribution in [3.05, 3.63) is 90.0 Å². The number of hydrogen-bond donors (Lipinski definition) is 1. The largest absolute Gasteiger partial charge is 0.494 e. The zero-order chi connectivity index (χ0) is 30.2. The van der Waals surface area contributed by atoms with Gasteiger partial charge < -0.3 is 15.0 Å². The molecular formula is C32H41N3O5S. The van der Waals surface area contributed by atoms with Gasteiger partial charge in [0.05, 0.1) is 17.2 Å². The van der Waals surface area contributed by atoms with E-state index in [9.17, 15) is 18.0 Å². The molecule has 0 unspecified atom stereocenters. The van der Waals surface area contributed by atoms with Crippen LogP contribution in [-0.4, -0.2) is 49.9 Å². The van der Waals surface area contributed by atoms with E-state index in [0.29, 0.717) is 24.5 Å². The highest BCUT2D eigenvalue weighted by Crippen LogP contribution is 2.27. The fourth-order valence-electron chi connectivity index (χ4n) is 4.50. The molecule has 2 amide bonds. The van der Waals surface area contributed by atoms with Crippen LogP contribution >= 0.6 is 0 Å². The molecule has 0 aliphatic carbocycles. The summed E-state index contributed by atoms with van der Waals surface area (Å²) in [4.78, 5) is 29.1. The van der Waals surface area contributed by atoms with Gasteiger partial charge in [0.15, 0.2) is 0 Å². The van der Waals surface area contributed by atoms with Gasteiger partial charge in [0.2, 0.25) is 11.8 Å².